The second kappa shape index (κ2) is 7.43. The van der Waals surface area contributed by atoms with Gasteiger partial charge in [0.1, 0.15) is 11.9 Å². The summed E-state index contributed by atoms with van der Waals surface area (Å²) in [6.07, 6.45) is 2.38. The number of ether oxygens (including phenoxy) is 2. The summed E-state index contributed by atoms with van der Waals surface area (Å²) in [6, 6.07) is 0. The first-order chi connectivity index (χ1) is 7.78. The Bertz CT molecular complexity index is 242. The molecule has 0 heterocycles. The molecule has 0 aromatic heterocycles. The average molecular weight is 244 g/mol. The maximum absolute atomic E-state index is 11.5. The lowest BCUT2D eigenvalue weighted by molar-refractivity contribution is -0.155. The van der Waals surface area contributed by atoms with Crippen LogP contribution in [0.2, 0.25) is 0 Å². The standard InChI is InChI=1S/C13H24O4/c1-10(9-14)8-11(16-5)6-7-12(15)17-13(2,3)4/h9-11H,6-8H2,1-5H3/t10-,11+/m0/s1. The molecular formula is C13H24O4. The van der Waals surface area contributed by atoms with Gasteiger partial charge in [0.05, 0.1) is 6.10 Å². The molecular weight excluding hydrogens is 220 g/mol. The molecule has 17 heavy (non-hydrogen) atoms. The summed E-state index contributed by atoms with van der Waals surface area (Å²) >= 11 is 0. The molecule has 0 saturated heterocycles. The second-order valence-electron chi connectivity index (χ2n) is 5.33. The predicted octanol–water partition coefficient (Wildman–Crippen LogP) is 2.35. The van der Waals surface area contributed by atoms with E-state index in [-0.39, 0.29) is 18.0 Å². The average Bonchev–Trinajstić information content (AvgIpc) is 2.21. The highest BCUT2D eigenvalue weighted by Crippen LogP contribution is 2.14. The number of hydrogen-bond acceptors (Lipinski definition) is 4. The van der Waals surface area contributed by atoms with Crippen molar-refractivity contribution in [3.63, 3.8) is 0 Å². The maximum Gasteiger partial charge on any atom is 0.306 e. The molecule has 0 aliphatic heterocycles. The van der Waals surface area contributed by atoms with Gasteiger partial charge in [-0.15, -0.1) is 0 Å². The van der Waals surface area contributed by atoms with Crippen LogP contribution in [0.5, 0.6) is 0 Å². The van der Waals surface area contributed by atoms with Crippen molar-refractivity contribution < 1.29 is 19.1 Å². The maximum atomic E-state index is 11.5. The number of esters is 1. The van der Waals surface area contributed by atoms with Gasteiger partial charge in [0.15, 0.2) is 0 Å². The zero-order valence-electron chi connectivity index (χ0n) is 11.5. The number of methoxy groups -OCH3 is 1. The highest BCUT2D eigenvalue weighted by atomic mass is 16.6. The lowest BCUT2D eigenvalue weighted by atomic mass is 10.0. The van der Waals surface area contributed by atoms with Crippen LogP contribution < -0.4 is 0 Å². The topological polar surface area (TPSA) is 52.6 Å². The van der Waals surface area contributed by atoms with Crippen LogP contribution in [-0.2, 0) is 19.1 Å². The minimum absolute atomic E-state index is 0.0430. The normalized spacial score (nSPS) is 15.1. The smallest absolute Gasteiger partial charge is 0.306 e. The first-order valence-electron chi connectivity index (χ1n) is 5.98. The number of rotatable bonds is 7. The zero-order valence-corrected chi connectivity index (χ0v) is 11.5. The van der Waals surface area contributed by atoms with Gasteiger partial charge in [-0.2, -0.15) is 0 Å². The minimum atomic E-state index is -0.449. The molecule has 0 aromatic rings. The summed E-state index contributed by atoms with van der Waals surface area (Å²) < 4.78 is 10.4. The van der Waals surface area contributed by atoms with Crippen molar-refractivity contribution in [1.82, 2.24) is 0 Å². The molecule has 0 aliphatic rings. The Labute approximate surface area is 104 Å². The molecule has 2 atom stereocenters. The largest absolute Gasteiger partial charge is 0.460 e. The van der Waals surface area contributed by atoms with Crippen LogP contribution in [0.4, 0.5) is 0 Å². The molecule has 0 amide bonds. The van der Waals surface area contributed by atoms with Gasteiger partial charge < -0.3 is 14.3 Å². The lowest BCUT2D eigenvalue weighted by Gasteiger charge is -2.21. The van der Waals surface area contributed by atoms with E-state index in [0.29, 0.717) is 19.3 Å². The molecule has 0 aliphatic carbocycles. The van der Waals surface area contributed by atoms with E-state index in [1.54, 1.807) is 7.11 Å². The summed E-state index contributed by atoms with van der Waals surface area (Å²) in [7, 11) is 1.59. The van der Waals surface area contributed by atoms with Crippen LogP contribution >= 0.6 is 0 Å². The summed E-state index contributed by atoms with van der Waals surface area (Å²) in [4.78, 5) is 22.0. The minimum Gasteiger partial charge on any atom is -0.460 e. The summed E-state index contributed by atoms with van der Waals surface area (Å²) in [5.41, 5.74) is -0.449. The van der Waals surface area contributed by atoms with Gasteiger partial charge in [-0.05, 0) is 33.6 Å². The van der Waals surface area contributed by atoms with Crippen molar-refractivity contribution in [2.45, 2.75) is 58.7 Å². The molecule has 0 bridgehead atoms. The van der Waals surface area contributed by atoms with Crippen molar-refractivity contribution in [2.75, 3.05) is 7.11 Å². The molecule has 0 radical (unpaired) electrons. The molecule has 0 unspecified atom stereocenters. The molecule has 0 rings (SSSR count). The van der Waals surface area contributed by atoms with E-state index in [2.05, 4.69) is 0 Å². The Morgan fingerprint density at radius 1 is 1.35 bits per heavy atom. The molecule has 4 heteroatoms. The molecule has 100 valence electrons. The Balaban J connectivity index is 3.98. The van der Waals surface area contributed by atoms with Crippen molar-refractivity contribution >= 4 is 12.3 Å². The fourth-order valence-corrected chi connectivity index (χ4v) is 1.47. The van der Waals surface area contributed by atoms with Crippen molar-refractivity contribution in [3.8, 4) is 0 Å². The number of hydrogen-bond donors (Lipinski definition) is 0. The Morgan fingerprint density at radius 3 is 2.35 bits per heavy atom. The molecule has 0 fully saturated rings. The van der Waals surface area contributed by atoms with Crippen LogP contribution in [0.1, 0.15) is 47.0 Å². The van der Waals surface area contributed by atoms with Crippen molar-refractivity contribution in [2.24, 2.45) is 5.92 Å². The number of carbonyl (C=O) groups excluding carboxylic acids is 2. The summed E-state index contributed by atoms with van der Waals surface area (Å²) in [6.45, 7) is 7.36. The second-order valence-corrected chi connectivity index (χ2v) is 5.33. The van der Waals surface area contributed by atoms with Gasteiger partial charge in [0.25, 0.3) is 0 Å². The predicted molar refractivity (Wildman–Crippen MR) is 65.7 cm³/mol. The molecule has 0 N–H and O–H groups in total. The third-order valence-corrected chi connectivity index (χ3v) is 2.29. The van der Waals surface area contributed by atoms with E-state index in [1.807, 2.05) is 27.7 Å². The van der Waals surface area contributed by atoms with Crippen LogP contribution in [-0.4, -0.2) is 31.1 Å². The first-order valence-corrected chi connectivity index (χ1v) is 5.98. The third kappa shape index (κ3) is 8.86. The van der Waals surface area contributed by atoms with E-state index in [9.17, 15) is 9.59 Å². The first kappa shape index (κ1) is 16.1. The molecule has 4 nitrogen and oxygen atoms in total. The SMILES string of the molecule is CO[C@H](CCC(=O)OC(C)(C)C)C[C@H](C)C=O. The van der Waals surface area contributed by atoms with Gasteiger partial charge in [-0.25, -0.2) is 0 Å². The molecule has 0 spiro atoms. The van der Waals surface area contributed by atoms with E-state index < -0.39 is 5.60 Å². The van der Waals surface area contributed by atoms with E-state index in [1.165, 1.54) is 0 Å². The zero-order chi connectivity index (χ0) is 13.5. The van der Waals surface area contributed by atoms with Gasteiger partial charge in [0.2, 0.25) is 0 Å². The van der Waals surface area contributed by atoms with Gasteiger partial charge in [-0.3, -0.25) is 4.79 Å². The molecule has 0 saturated carbocycles. The Kier molecular flexibility index (Phi) is 7.04. The Morgan fingerprint density at radius 2 is 1.94 bits per heavy atom. The Hall–Kier alpha value is -0.900. The van der Waals surface area contributed by atoms with Crippen molar-refractivity contribution in [1.29, 1.82) is 0 Å². The quantitative estimate of drug-likeness (QED) is 0.509. The highest BCUT2D eigenvalue weighted by Gasteiger charge is 2.18. The summed E-state index contributed by atoms with van der Waals surface area (Å²) in [5.74, 6) is -0.267. The van der Waals surface area contributed by atoms with E-state index in [0.717, 1.165) is 6.29 Å². The monoisotopic (exact) mass is 244 g/mol. The third-order valence-electron chi connectivity index (χ3n) is 2.29. The number of aldehydes is 1. The van der Waals surface area contributed by atoms with Crippen LogP contribution in [0.25, 0.3) is 0 Å². The van der Waals surface area contributed by atoms with Crippen LogP contribution in [0.3, 0.4) is 0 Å². The number of carbonyl (C=O) groups is 2. The molecule has 0 aromatic carbocycles. The summed E-state index contributed by atoms with van der Waals surface area (Å²) in [5, 5.41) is 0. The van der Waals surface area contributed by atoms with E-state index in [4.69, 9.17) is 9.47 Å². The van der Waals surface area contributed by atoms with E-state index >= 15 is 0 Å². The van der Waals surface area contributed by atoms with Gasteiger partial charge in [0, 0.05) is 19.4 Å². The van der Waals surface area contributed by atoms with Gasteiger partial charge >= 0.3 is 5.97 Å². The van der Waals surface area contributed by atoms with Crippen molar-refractivity contribution in [3.05, 3.63) is 0 Å². The van der Waals surface area contributed by atoms with Crippen LogP contribution in [0, 0.1) is 5.92 Å². The fourth-order valence-electron chi connectivity index (χ4n) is 1.47. The van der Waals surface area contributed by atoms with Crippen LogP contribution in [0.15, 0.2) is 0 Å². The lowest BCUT2D eigenvalue weighted by Crippen LogP contribution is -2.25. The fraction of sp³-hybridized carbons (Fsp3) is 0.846. The highest BCUT2D eigenvalue weighted by molar-refractivity contribution is 5.69. The van der Waals surface area contributed by atoms with Gasteiger partial charge in [-0.1, -0.05) is 6.92 Å².